The number of nitrogens with zero attached hydrogens (tertiary/aromatic N) is 3. The molecule has 0 unspecified atom stereocenters. The zero-order chi connectivity index (χ0) is 15.5. The average molecular weight is 406 g/mol. The van der Waals surface area contributed by atoms with Crippen molar-refractivity contribution in [1.29, 1.82) is 0 Å². The number of aromatic amines is 1. The third-order valence-corrected chi connectivity index (χ3v) is 3.73. The number of imidazole rings is 1. The van der Waals surface area contributed by atoms with Gasteiger partial charge in [0.1, 0.15) is 0 Å². The molecule has 2 aromatic rings. The van der Waals surface area contributed by atoms with Gasteiger partial charge in [0, 0.05) is 0 Å². The number of anilines is 2. The molecule has 21 heavy (non-hydrogen) atoms. The predicted molar refractivity (Wildman–Crippen MR) is 74.0 cm³/mol. The van der Waals surface area contributed by atoms with Crippen LogP contribution in [0.1, 0.15) is 20.8 Å². The fraction of sp³-hybridized carbons (Fsp3) is 0.455. The second-order valence-electron chi connectivity index (χ2n) is 5.07. The van der Waals surface area contributed by atoms with Crippen molar-refractivity contribution in [2.75, 3.05) is 15.6 Å². The van der Waals surface area contributed by atoms with Gasteiger partial charge in [0.15, 0.2) is 0 Å². The van der Waals surface area contributed by atoms with Crippen molar-refractivity contribution < 1.29 is 31.0 Å². The number of H-pyrrole nitrogens is 1. The summed E-state index contributed by atoms with van der Waals surface area (Å²) in [6.07, 6.45) is 1.09. The maximum absolute atomic E-state index is 11.5. The van der Waals surface area contributed by atoms with Crippen molar-refractivity contribution in [1.82, 2.24) is 23.5 Å². The van der Waals surface area contributed by atoms with Crippen molar-refractivity contribution in [2.24, 2.45) is 0 Å². The fourth-order valence-electron chi connectivity index (χ4n) is 1.41. The molecule has 0 saturated carbocycles. The van der Waals surface area contributed by atoms with E-state index in [4.69, 9.17) is 10.5 Å². The minimum atomic E-state index is -0.623. The van der Waals surface area contributed by atoms with Crippen LogP contribution in [0, 0.1) is 0 Å². The molecule has 0 radical (unpaired) electrons. The molecule has 0 spiro atoms. The quantitative estimate of drug-likeness (QED) is 0.150. The van der Waals surface area contributed by atoms with Crippen LogP contribution in [0.25, 0.3) is 11.2 Å². The maximum atomic E-state index is 11.5. The Balaban J connectivity index is 1.81. The van der Waals surface area contributed by atoms with Crippen LogP contribution < -0.4 is 36.1 Å². The van der Waals surface area contributed by atoms with Gasteiger partial charge in [-0.25, -0.2) is 0 Å². The van der Waals surface area contributed by atoms with Crippen LogP contribution >= 0.6 is 0 Å². The van der Waals surface area contributed by atoms with Gasteiger partial charge in [-0.15, -0.1) is 0 Å². The first-order chi connectivity index (χ1) is 9.85. The number of aromatic nitrogens is 4. The summed E-state index contributed by atoms with van der Waals surface area (Å²) < 4.78 is 8.42. The van der Waals surface area contributed by atoms with Crippen LogP contribution in [-0.4, -0.2) is 36.2 Å². The molecular weight excluding hydrogens is 389 g/mol. The number of carbonyl (C=O) groups is 1. The zero-order valence-electron chi connectivity index (χ0n) is 11.9. The van der Waals surface area contributed by atoms with Gasteiger partial charge in [0.25, 0.3) is 0 Å². The van der Waals surface area contributed by atoms with Crippen LogP contribution in [0.15, 0.2) is 6.33 Å². The summed E-state index contributed by atoms with van der Waals surface area (Å²) in [5.74, 6) is 0.719. The first-order valence-corrected chi connectivity index (χ1v) is 8.73. The number of fused-ring (bicyclic) bond motifs is 1. The molecule has 1 amide bonds. The topological polar surface area (TPSA) is 131 Å². The Labute approximate surface area is 132 Å². The van der Waals surface area contributed by atoms with E-state index < -0.39 is 33.2 Å². The van der Waals surface area contributed by atoms with Crippen molar-refractivity contribution >= 4 is 29.0 Å². The Hall–Kier alpha value is -1.85. The van der Waals surface area contributed by atoms with Gasteiger partial charge >= 0.3 is 132 Å². The number of carbonyl (C=O) groups excluding carboxylic acids is 1. The summed E-state index contributed by atoms with van der Waals surface area (Å²) in [7, 11) is 0. The molecule has 116 valence electrons. The standard InChI is InChI=1S/C11H17IN7O2/c1-11(2,3)21-10(20)19-12-4-14-9-17-7(13)6-8(18-9)16-5-15-6/h5H,4H2,1-3H3,(H,19,20)(H4,13,14,15,16,17,18)/q-1. The molecule has 0 aliphatic heterocycles. The van der Waals surface area contributed by atoms with Gasteiger partial charge in [0.05, 0.1) is 0 Å². The monoisotopic (exact) mass is 406 g/mol. The van der Waals surface area contributed by atoms with Gasteiger partial charge in [0.2, 0.25) is 0 Å². The van der Waals surface area contributed by atoms with E-state index >= 15 is 0 Å². The molecular formula is C11H17IN7O2-. The van der Waals surface area contributed by atoms with Crippen molar-refractivity contribution in [3.8, 4) is 0 Å². The van der Waals surface area contributed by atoms with Crippen LogP contribution in [0.2, 0.25) is 0 Å². The number of halogens is 1. The van der Waals surface area contributed by atoms with Crippen LogP contribution in [-0.2, 0) is 4.74 Å². The first kappa shape index (κ1) is 15.5. The van der Waals surface area contributed by atoms with Gasteiger partial charge in [-0.2, -0.15) is 0 Å². The van der Waals surface area contributed by atoms with Crippen molar-refractivity contribution in [3.05, 3.63) is 6.33 Å². The molecule has 0 bridgehead atoms. The summed E-state index contributed by atoms with van der Waals surface area (Å²) >= 11 is -0.623. The normalized spacial score (nSPS) is 11.6. The van der Waals surface area contributed by atoms with Gasteiger partial charge in [-0.05, 0) is 0 Å². The molecule has 0 fully saturated rings. The van der Waals surface area contributed by atoms with Crippen molar-refractivity contribution in [3.63, 3.8) is 0 Å². The number of nitrogens with one attached hydrogen (secondary N) is 3. The Bertz CT molecular complexity index is 637. The summed E-state index contributed by atoms with van der Waals surface area (Å²) in [5.41, 5.74) is 6.40. The Morgan fingerprint density at radius 2 is 2.24 bits per heavy atom. The van der Waals surface area contributed by atoms with E-state index in [1.165, 1.54) is 6.33 Å². The summed E-state index contributed by atoms with van der Waals surface area (Å²) in [6.45, 7) is 5.45. The number of amides is 1. The number of ether oxygens (including phenoxy) is 1. The van der Waals surface area contributed by atoms with Crippen LogP contribution in [0.4, 0.5) is 16.6 Å². The van der Waals surface area contributed by atoms with E-state index in [1.807, 2.05) is 20.8 Å². The van der Waals surface area contributed by atoms with E-state index in [2.05, 4.69) is 28.8 Å². The third kappa shape index (κ3) is 4.58. The van der Waals surface area contributed by atoms with Crippen LogP contribution in [0.3, 0.4) is 0 Å². The third-order valence-electron chi connectivity index (χ3n) is 2.15. The van der Waals surface area contributed by atoms with Gasteiger partial charge in [-0.3, -0.25) is 0 Å². The zero-order valence-corrected chi connectivity index (χ0v) is 14.1. The summed E-state index contributed by atoms with van der Waals surface area (Å²) in [5, 5.41) is 3.01. The molecule has 0 aromatic carbocycles. The van der Waals surface area contributed by atoms with E-state index in [9.17, 15) is 4.79 Å². The molecule has 0 saturated heterocycles. The second-order valence-corrected chi connectivity index (χ2v) is 7.14. The predicted octanol–water partition coefficient (Wildman–Crippen LogP) is -2.17. The number of hydrogen-bond donors (Lipinski definition) is 4. The van der Waals surface area contributed by atoms with Crippen molar-refractivity contribution in [2.45, 2.75) is 26.4 Å². The second kappa shape index (κ2) is 6.28. The molecule has 2 heterocycles. The number of rotatable bonds is 4. The molecule has 5 N–H and O–H groups in total. The molecule has 0 aliphatic carbocycles. The van der Waals surface area contributed by atoms with Gasteiger partial charge in [-0.1, -0.05) is 0 Å². The Morgan fingerprint density at radius 1 is 1.48 bits per heavy atom. The summed E-state index contributed by atoms with van der Waals surface area (Å²) in [4.78, 5) is 26.7. The number of nitrogen functional groups attached to an aromatic ring is 1. The van der Waals surface area contributed by atoms with E-state index in [-0.39, 0.29) is 0 Å². The fourth-order valence-corrected chi connectivity index (χ4v) is 2.56. The number of nitrogens with two attached hydrogens (primary N) is 1. The first-order valence-electron chi connectivity index (χ1n) is 6.13. The molecule has 0 atom stereocenters. The van der Waals surface area contributed by atoms with E-state index in [0.29, 0.717) is 27.5 Å². The average Bonchev–Trinajstić information content (AvgIpc) is 2.81. The SMILES string of the molecule is CC(C)(C)OC(=O)N[I-]CNc1nc(N)c2[nH]cnc2n1. The minimum absolute atomic E-state index is 0.332. The molecule has 10 heteroatoms. The van der Waals surface area contributed by atoms with E-state index in [1.54, 1.807) is 0 Å². The van der Waals surface area contributed by atoms with Gasteiger partial charge < -0.3 is 0 Å². The molecule has 0 aliphatic rings. The molecule has 2 rings (SSSR count). The number of alkyl halides is 1. The summed E-state index contributed by atoms with van der Waals surface area (Å²) in [6, 6.07) is 0. The molecule has 2 aromatic heterocycles. The van der Waals surface area contributed by atoms with E-state index in [0.717, 1.165) is 0 Å². The molecule has 9 nitrogen and oxygen atoms in total. The Morgan fingerprint density at radius 3 is 2.95 bits per heavy atom. The number of hydrogen-bond acceptors (Lipinski definition) is 7. The Kier molecular flexibility index (Phi) is 4.65. The van der Waals surface area contributed by atoms with Crippen LogP contribution in [0.5, 0.6) is 0 Å².